The molecule has 11 heteroatoms. The Labute approximate surface area is 273 Å². The first kappa shape index (κ1) is 30.5. The zero-order chi connectivity index (χ0) is 32.4. The van der Waals surface area contributed by atoms with E-state index in [4.69, 9.17) is 4.74 Å². The lowest BCUT2D eigenvalue weighted by Crippen LogP contribution is -2.53. The number of amides is 3. The van der Waals surface area contributed by atoms with Crippen LogP contribution in [0, 0.1) is 5.41 Å². The van der Waals surface area contributed by atoms with Crippen LogP contribution in [-0.2, 0) is 22.6 Å². The summed E-state index contributed by atoms with van der Waals surface area (Å²) in [5.41, 5.74) is 3.49. The monoisotopic (exact) mass is 633 g/mol. The van der Waals surface area contributed by atoms with Crippen LogP contribution in [0.1, 0.15) is 53.3 Å². The van der Waals surface area contributed by atoms with E-state index in [-0.39, 0.29) is 29.7 Å². The Morgan fingerprint density at radius 2 is 1.68 bits per heavy atom. The number of nitrogens with zero attached hydrogens (tertiary/aromatic N) is 5. The molecule has 11 nitrogen and oxygen atoms in total. The van der Waals surface area contributed by atoms with Crippen LogP contribution in [0.5, 0.6) is 5.75 Å². The Hall–Kier alpha value is -5.19. The molecule has 4 heterocycles. The predicted molar refractivity (Wildman–Crippen MR) is 177 cm³/mol. The number of carbonyl (C=O) groups is 3. The summed E-state index contributed by atoms with van der Waals surface area (Å²) in [5, 5.41) is 9.63. The fraction of sp³-hybridized carbons (Fsp3) is 0.361. The fourth-order valence-corrected chi connectivity index (χ4v) is 7.04. The second-order valence-electron chi connectivity index (χ2n) is 12.7. The van der Waals surface area contributed by atoms with Crippen LogP contribution in [-0.4, -0.2) is 77.1 Å². The molecule has 1 unspecified atom stereocenters. The van der Waals surface area contributed by atoms with Gasteiger partial charge in [-0.15, -0.1) is 5.10 Å². The van der Waals surface area contributed by atoms with Gasteiger partial charge in [-0.3, -0.25) is 19.5 Å². The van der Waals surface area contributed by atoms with Crippen LogP contribution in [0.25, 0.3) is 0 Å². The Balaban J connectivity index is 0.983. The molecule has 0 bridgehead atoms. The second-order valence-corrected chi connectivity index (χ2v) is 12.7. The molecule has 242 valence electrons. The maximum atomic E-state index is 13.7. The van der Waals surface area contributed by atoms with E-state index in [1.165, 1.54) is 4.90 Å². The minimum absolute atomic E-state index is 0.0175. The van der Waals surface area contributed by atoms with Gasteiger partial charge in [-0.2, -0.15) is 0 Å². The van der Waals surface area contributed by atoms with Crippen molar-refractivity contribution in [3.63, 3.8) is 0 Å². The van der Waals surface area contributed by atoms with Crippen molar-refractivity contribution in [3.8, 4) is 5.75 Å². The minimum Gasteiger partial charge on any atom is -0.489 e. The lowest BCUT2D eigenvalue weighted by atomic mass is 9.71. The smallest absolute Gasteiger partial charge is 0.291 e. The highest BCUT2D eigenvalue weighted by Gasteiger charge is 2.45. The van der Waals surface area contributed by atoms with Gasteiger partial charge in [0, 0.05) is 45.3 Å². The number of aromatic nitrogens is 3. The molecule has 2 fully saturated rings. The molecule has 47 heavy (non-hydrogen) atoms. The van der Waals surface area contributed by atoms with Gasteiger partial charge in [0.25, 0.3) is 11.8 Å². The topological polar surface area (TPSA) is 124 Å². The summed E-state index contributed by atoms with van der Waals surface area (Å²) in [6.07, 6.45) is 4.04. The highest BCUT2D eigenvalue weighted by Crippen LogP contribution is 2.43. The summed E-state index contributed by atoms with van der Waals surface area (Å²) in [7, 11) is 1.69. The van der Waals surface area contributed by atoms with Crippen molar-refractivity contribution in [3.05, 3.63) is 102 Å². The maximum absolute atomic E-state index is 13.7. The molecule has 0 saturated carbocycles. The third kappa shape index (κ3) is 6.30. The average molecular weight is 634 g/mol. The van der Waals surface area contributed by atoms with Crippen LogP contribution in [0.2, 0.25) is 0 Å². The normalized spacial score (nSPS) is 19.3. The number of hydrogen-bond donors (Lipinski definition) is 2. The van der Waals surface area contributed by atoms with Gasteiger partial charge in [0.2, 0.25) is 11.7 Å². The lowest BCUT2D eigenvalue weighted by Gasteiger charge is -2.47. The number of nitrogens with one attached hydrogen (secondary N) is 2. The number of piperidine rings is 2. The van der Waals surface area contributed by atoms with Crippen molar-refractivity contribution in [2.75, 3.05) is 43.1 Å². The van der Waals surface area contributed by atoms with Crippen molar-refractivity contribution in [2.24, 2.45) is 5.41 Å². The zero-order valence-corrected chi connectivity index (χ0v) is 26.5. The van der Waals surface area contributed by atoms with Crippen molar-refractivity contribution < 1.29 is 19.1 Å². The fourth-order valence-electron chi connectivity index (χ4n) is 7.04. The summed E-state index contributed by atoms with van der Waals surface area (Å²) in [5.74, 6) is 0.527. The molecule has 1 aromatic heterocycles. The molecule has 2 N–H and O–H groups in total. The van der Waals surface area contributed by atoms with Gasteiger partial charge in [0.15, 0.2) is 0 Å². The number of carbonyl (C=O) groups excluding carboxylic acids is 3. The van der Waals surface area contributed by atoms with E-state index in [1.807, 2.05) is 71.6 Å². The van der Waals surface area contributed by atoms with Gasteiger partial charge in [-0.1, -0.05) is 60.7 Å². The number of H-pyrrole nitrogens is 1. The van der Waals surface area contributed by atoms with E-state index >= 15 is 0 Å². The molecule has 1 spiro atoms. The number of aromatic amines is 1. The third-order valence-corrected chi connectivity index (χ3v) is 9.72. The van der Waals surface area contributed by atoms with E-state index in [1.54, 1.807) is 7.05 Å². The molecule has 3 aliphatic rings. The number of anilines is 2. The van der Waals surface area contributed by atoms with Gasteiger partial charge in [0.05, 0.1) is 11.1 Å². The summed E-state index contributed by atoms with van der Waals surface area (Å²) < 4.78 is 6.04. The van der Waals surface area contributed by atoms with E-state index in [9.17, 15) is 14.4 Å². The van der Waals surface area contributed by atoms with Crippen LogP contribution in [0.3, 0.4) is 0 Å². The van der Waals surface area contributed by atoms with Crippen LogP contribution in [0.4, 0.5) is 11.4 Å². The molecule has 2 saturated heterocycles. The first-order valence-corrected chi connectivity index (χ1v) is 16.3. The number of likely N-dealkylation sites (N-methyl/N-ethyl adjacent to an activating group) is 1. The molecular formula is C36H39N7O4. The number of fused-ring (bicyclic) bond motifs is 1. The van der Waals surface area contributed by atoms with Gasteiger partial charge in [-0.05, 0) is 55.0 Å². The summed E-state index contributed by atoms with van der Waals surface area (Å²) in [6, 6.07) is 24.9. The molecule has 3 amide bonds. The maximum Gasteiger partial charge on any atom is 0.291 e. The predicted octanol–water partition coefficient (Wildman–Crippen LogP) is 3.96. The minimum atomic E-state index is -0.912. The number of ether oxygens (including phenoxy) is 1. The summed E-state index contributed by atoms with van der Waals surface area (Å²) in [4.78, 5) is 50.5. The zero-order valence-electron chi connectivity index (χ0n) is 26.5. The quantitative estimate of drug-likeness (QED) is 0.316. The molecule has 4 aromatic rings. The first-order valence-electron chi connectivity index (χ1n) is 16.3. The standard InChI is InChI=1S/C36H39N7O4/c1-41-29-22-27(42-19-16-36(17-20-42)15-8-18-43(35(36)46)23-26-11-6-3-7-12-26)13-14-30(29)47-24-28(34(41)45)37-33(44)32-38-31(39-40-32)21-25-9-4-2-5-10-25/h2-7,9-14,22,28H,8,15-21,23-24H2,1H3,(H,37,44)(H,38,39,40). The van der Waals surface area contributed by atoms with Crippen LogP contribution in [0.15, 0.2) is 78.9 Å². The largest absolute Gasteiger partial charge is 0.489 e. The van der Waals surface area contributed by atoms with Gasteiger partial charge < -0.3 is 24.8 Å². The molecule has 3 aromatic carbocycles. The number of hydrogen-bond acceptors (Lipinski definition) is 7. The highest BCUT2D eigenvalue weighted by molar-refractivity contribution is 6.02. The summed E-state index contributed by atoms with van der Waals surface area (Å²) >= 11 is 0. The molecule has 0 aliphatic carbocycles. The summed E-state index contributed by atoms with van der Waals surface area (Å²) in [6.45, 7) is 2.95. The Morgan fingerprint density at radius 3 is 2.43 bits per heavy atom. The average Bonchev–Trinajstić information content (AvgIpc) is 3.54. The molecular weight excluding hydrogens is 594 g/mol. The van der Waals surface area contributed by atoms with Gasteiger partial charge in [0.1, 0.15) is 24.2 Å². The van der Waals surface area contributed by atoms with Gasteiger partial charge >= 0.3 is 0 Å². The lowest BCUT2D eigenvalue weighted by molar-refractivity contribution is -0.148. The first-order chi connectivity index (χ1) is 22.9. The van der Waals surface area contributed by atoms with E-state index in [2.05, 4.69) is 37.5 Å². The Kier molecular flexibility index (Phi) is 8.36. The number of benzene rings is 3. The van der Waals surface area contributed by atoms with Crippen molar-refractivity contribution in [1.29, 1.82) is 0 Å². The van der Waals surface area contributed by atoms with Gasteiger partial charge in [-0.25, -0.2) is 4.98 Å². The molecule has 7 rings (SSSR count). The third-order valence-electron chi connectivity index (χ3n) is 9.72. The van der Waals surface area contributed by atoms with E-state index < -0.39 is 11.9 Å². The van der Waals surface area contributed by atoms with Crippen LogP contribution >= 0.6 is 0 Å². The van der Waals surface area contributed by atoms with Crippen molar-refractivity contribution >= 4 is 29.1 Å². The SMILES string of the molecule is CN1C(=O)C(NC(=O)c2n[nH]c(Cc3ccccc3)n2)COc2ccc(N3CCC4(CCCN(Cc5ccccc5)C4=O)CC3)cc21. The van der Waals surface area contributed by atoms with E-state index in [0.29, 0.717) is 30.2 Å². The van der Waals surface area contributed by atoms with Crippen LogP contribution < -0.4 is 19.9 Å². The Bertz CT molecular complexity index is 1750. The second kappa shape index (κ2) is 12.9. The van der Waals surface area contributed by atoms with Crippen molar-refractivity contribution in [1.82, 2.24) is 25.4 Å². The Morgan fingerprint density at radius 1 is 0.957 bits per heavy atom. The number of likely N-dealkylation sites (tertiary alicyclic amines) is 1. The van der Waals surface area contributed by atoms with E-state index in [0.717, 1.165) is 62.1 Å². The molecule has 1 atom stereocenters. The number of rotatable bonds is 7. The molecule has 3 aliphatic heterocycles. The van der Waals surface area contributed by atoms with Crippen molar-refractivity contribution in [2.45, 2.75) is 44.7 Å². The highest BCUT2D eigenvalue weighted by atomic mass is 16.5. The molecule has 0 radical (unpaired) electrons.